The summed E-state index contributed by atoms with van der Waals surface area (Å²) in [6.07, 6.45) is 3.17. The number of nitrogens with zero attached hydrogens (tertiary/aromatic N) is 3. The van der Waals surface area contributed by atoms with E-state index in [9.17, 15) is 9.59 Å². The third-order valence-corrected chi connectivity index (χ3v) is 5.59. The van der Waals surface area contributed by atoms with Crippen molar-refractivity contribution in [3.63, 3.8) is 0 Å². The summed E-state index contributed by atoms with van der Waals surface area (Å²) in [5.74, 6) is 1.28. The molecule has 162 valence electrons. The summed E-state index contributed by atoms with van der Waals surface area (Å²) in [5, 5.41) is 0. The maximum atomic E-state index is 13.0. The van der Waals surface area contributed by atoms with Gasteiger partial charge in [-0.2, -0.15) is 0 Å². The minimum Gasteiger partial charge on any atom is -0.493 e. The van der Waals surface area contributed by atoms with E-state index in [-0.39, 0.29) is 18.4 Å². The average Bonchev–Trinajstić information content (AvgIpc) is 3.18. The second-order valence-corrected chi connectivity index (χ2v) is 7.68. The summed E-state index contributed by atoms with van der Waals surface area (Å²) in [6, 6.07) is 6.03. The first-order valence-corrected chi connectivity index (χ1v) is 10.3. The fraction of sp³-hybridized carbons (Fsp3) is 0.636. The molecule has 1 aliphatic heterocycles. The smallest absolute Gasteiger partial charge is 0.241 e. The van der Waals surface area contributed by atoms with Crippen molar-refractivity contribution in [3.8, 4) is 11.5 Å². The summed E-state index contributed by atoms with van der Waals surface area (Å²) in [4.78, 5) is 31.0. The Morgan fingerprint density at radius 1 is 1.14 bits per heavy atom. The Hall–Kier alpha value is -2.28. The summed E-state index contributed by atoms with van der Waals surface area (Å²) < 4.78 is 10.6. The number of rotatable bonds is 10. The highest BCUT2D eigenvalue weighted by Gasteiger charge is 2.28. The van der Waals surface area contributed by atoms with Gasteiger partial charge >= 0.3 is 0 Å². The molecule has 1 aromatic carbocycles. The Kier molecular flexibility index (Phi) is 8.76. The topological polar surface area (TPSA) is 62.3 Å². The van der Waals surface area contributed by atoms with Gasteiger partial charge in [-0.3, -0.25) is 14.5 Å². The van der Waals surface area contributed by atoms with E-state index >= 15 is 0 Å². The van der Waals surface area contributed by atoms with Crippen LogP contribution in [0.4, 0.5) is 0 Å². The summed E-state index contributed by atoms with van der Waals surface area (Å²) in [5.41, 5.74) is 1.01. The van der Waals surface area contributed by atoms with E-state index in [0.29, 0.717) is 36.9 Å². The molecule has 2 amide bonds. The monoisotopic (exact) mass is 405 g/mol. The Bertz CT molecular complexity index is 693. The van der Waals surface area contributed by atoms with Crippen LogP contribution < -0.4 is 9.47 Å². The van der Waals surface area contributed by atoms with Crippen molar-refractivity contribution in [1.82, 2.24) is 14.7 Å². The second kappa shape index (κ2) is 11.0. The molecule has 0 radical (unpaired) electrons. The van der Waals surface area contributed by atoms with Crippen molar-refractivity contribution in [2.24, 2.45) is 0 Å². The van der Waals surface area contributed by atoms with Gasteiger partial charge in [-0.05, 0) is 50.0 Å². The van der Waals surface area contributed by atoms with Gasteiger partial charge in [0.1, 0.15) is 0 Å². The van der Waals surface area contributed by atoms with Gasteiger partial charge in [-0.15, -0.1) is 0 Å². The number of hydrogen-bond acceptors (Lipinski definition) is 5. The molecule has 0 saturated carbocycles. The predicted octanol–water partition coefficient (Wildman–Crippen LogP) is 2.04. The third-order valence-electron chi connectivity index (χ3n) is 5.59. The number of carbonyl (C=O) groups excluding carboxylic acids is 2. The molecule has 0 bridgehead atoms. The van der Waals surface area contributed by atoms with Crippen molar-refractivity contribution in [1.29, 1.82) is 0 Å². The first-order valence-electron chi connectivity index (χ1n) is 10.3. The van der Waals surface area contributed by atoms with Crippen LogP contribution in [0.5, 0.6) is 11.5 Å². The van der Waals surface area contributed by atoms with Crippen molar-refractivity contribution in [2.45, 2.75) is 38.6 Å². The van der Waals surface area contributed by atoms with Gasteiger partial charge in [0, 0.05) is 33.1 Å². The minimum absolute atomic E-state index is 0.0120. The van der Waals surface area contributed by atoms with E-state index in [1.54, 1.807) is 38.1 Å². The number of aryl methyl sites for hydroxylation is 1. The molecule has 0 N–H and O–H groups in total. The molecule has 1 saturated heterocycles. The van der Waals surface area contributed by atoms with Crippen LogP contribution in [0.1, 0.15) is 31.7 Å². The van der Waals surface area contributed by atoms with E-state index in [0.717, 1.165) is 31.5 Å². The van der Waals surface area contributed by atoms with Crippen LogP contribution in [-0.2, 0) is 16.0 Å². The first kappa shape index (κ1) is 23.0. The quantitative estimate of drug-likeness (QED) is 0.596. The summed E-state index contributed by atoms with van der Waals surface area (Å²) in [7, 11) is 6.65. The van der Waals surface area contributed by atoms with Crippen LogP contribution in [0, 0.1) is 0 Å². The van der Waals surface area contributed by atoms with Crippen molar-refractivity contribution in [2.75, 3.05) is 54.5 Å². The highest BCUT2D eigenvalue weighted by Crippen LogP contribution is 2.28. The largest absolute Gasteiger partial charge is 0.493 e. The highest BCUT2D eigenvalue weighted by atomic mass is 16.5. The Morgan fingerprint density at radius 2 is 1.86 bits per heavy atom. The van der Waals surface area contributed by atoms with Crippen LogP contribution in [0.2, 0.25) is 0 Å². The Balaban J connectivity index is 2.05. The molecular formula is C22H35N3O4. The normalized spacial score (nSPS) is 16.5. The highest BCUT2D eigenvalue weighted by molar-refractivity contribution is 5.84. The standard InChI is InChI=1S/C22H35N3O4/c1-6-24-13-7-8-18(24)15-25(16-22(27)23(2)3)21(26)12-10-17-9-11-19(28-4)20(14-17)29-5/h9,11,14,18H,6-8,10,12-13,15-16H2,1-5H3. The van der Waals surface area contributed by atoms with E-state index in [4.69, 9.17) is 9.47 Å². The van der Waals surface area contributed by atoms with Gasteiger partial charge in [0.05, 0.1) is 20.8 Å². The molecule has 0 aromatic heterocycles. The number of ether oxygens (including phenoxy) is 2. The molecule has 7 nitrogen and oxygen atoms in total. The zero-order valence-electron chi connectivity index (χ0n) is 18.4. The van der Waals surface area contributed by atoms with Crippen LogP contribution >= 0.6 is 0 Å². The maximum Gasteiger partial charge on any atom is 0.241 e. The molecule has 1 unspecified atom stereocenters. The van der Waals surface area contributed by atoms with Gasteiger partial charge in [-0.25, -0.2) is 0 Å². The van der Waals surface area contributed by atoms with Crippen LogP contribution in [0.15, 0.2) is 18.2 Å². The van der Waals surface area contributed by atoms with Gasteiger partial charge in [0.25, 0.3) is 0 Å². The van der Waals surface area contributed by atoms with Crippen LogP contribution in [0.3, 0.4) is 0 Å². The average molecular weight is 406 g/mol. The number of carbonyl (C=O) groups is 2. The molecule has 7 heteroatoms. The molecule has 0 aliphatic carbocycles. The van der Waals surface area contributed by atoms with Gasteiger partial charge < -0.3 is 19.3 Å². The van der Waals surface area contributed by atoms with Crippen molar-refractivity contribution in [3.05, 3.63) is 23.8 Å². The van der Waals surface area contributed by atoms with Crippen LogP contribution in [0.25, 0.3) is 0 Å². The lowest BCUT2D eigenvalue weighted by atomic mass is 10.1. The zero-order valence-corrected chi connectivity index (χ0v) is 18.4. The molecule has 1 atom stereocenters. The van der Waals surface area contributed by atoms with E-state index in [2.05, 4.69) is 11.8 Å². The first-order chi connectivity index (χ1) is 13.9. The molecular weight excluding hydrogens is 370 g/mol. The molecule has 1 aromatic rings. The summed E-state index contributed by atoms with van der Waals surface area (Å²) >= 11 is 0. The number of methoxy groups -OCH3 is 2. The van der Waals surface area contributed by atoms with Gasteiger partial charge in [-0.1, -0.05) is 13.0 Å². The number of amides is 2. The SMILES string of the molecule is CCN1CCCC1CN(CC(=O)N(C)C)C(=O)CCc1ccc(OC)c(OC)c1. The van der Waals surface area contributed by atoms with Gasteiger partial charge in [0.2, 0.25) is 11.8 Å². The molecule has 29 heavy (non-hydrogen) atoms. The van der Waals surface area contributed by atoms with Crippen LogP contribution in [-0.4, -0.2) is 87.0 Å². The minimum atomic E-state index is -0.0505. The number of likely N-dealkylation sites (N-methyl/N-ethyl adjacent to an activating group) is 2. The Morgan fingerprint density at radius 3 is 2.48 bits per heavy atom. The third kappa shape index (κ3) is 6.35. The maximum absolute atomic E-state index is 13.0. The Labute approximate surface area is 174 Å². The lowest BCUT2D eigenvalue weighted by molar-refractivity contribution is -0.139. The predicted molar refractivity (Wildman–Crippen MR) is 113 cm³/mol. The molecule has 0 spiro atoms. The van der Waals surface area contributed by atoms with Crippen molar-refractivity contribution < 1.29 is 19.1 Å². The lowest BCUT2D eigenvalue weighted by Gasteiger charge is -2.30. The fourth-order valence-electron chi connectivity index (χ4n) is 3.78. The van der Waals surface area contributed by atoms with E-state index in [1.807, 2.05) is 18.2 Å². The zero-order chi connectivity index (χ0) is 21.4. The summed E-state index contributed by atoms with van der Waals surface area (Å²) in [6.45, 7) is 4.92. The number of likely N-dealkylation sites (tertiary alicyclic amines) is 1. The molecule has 1 heterocycles. The molecule has 1 fully saturated rings. The van der Waals surface area contributed by atoms with E-state index in [1.165, 1.54) is 0 Å². The van der Waals surface area contributed by atoms with Gasteiger partial charge in [0.15, 0.2) is 11.5 Å². The number of hydrogen-bond donors (Lipinski definition) is 0. The fourth-order valence-corrected chi connectivity index (χ4v) is 3.78. The molecule has 2 rings (SSSR count). The second-order valence-electron chi connectivity index (χ2n) is 7.68. The lowest BCUT2D eigenvalue weighted by Crippen LogP contribution is -2.47. The van der Waals surface area contributed by atoms with E-state index < -0.39 is 0 Å². The van der Waals surface area contributed by atoms with Crippen molar-refractivity contribution >= 4 is 11.8 Å². The molecule has 1 aliphatic rings. The number of benzene rings is 1.